The summed E-state index contributed by atoms with van der Waals surface area (Å²) in [6.07, 6.45) is 3.26. The minimum Gasteiger partial charge on any atom is -0.371 e. The van der Waals surface area contributed by atoms with Crippen LogP contribution in [-0.4, -0.2) is 35.9 Å². The van der Waals surface area contributed by atoms with Crippen molar-refractivity contribution in [2.45, 2.75) is 45.6 Å². The molecule has 32 heavy (non-hydrogen) atoms. The van der Waals surface area contributed by atoms with Crippen LogP contribution in [-0.2, 0) is 4.79 Å². The zero-order chi connectivity index (χ0) is 23.3. The third kappa shape index (κ3) is 5.40. The summed E-state index contributed by atoms with van der Waals surface area (Å²) in [6.45, 7) is 5.10. The number of nitrogens with zero attached hydrogens (tertiary/aromatic N) is 2. The molecule has 2 aromatic carbocycles. The van der Waals surface area contributed by atoms with Crippen LogP contribution in [0, 0.1) is 22.9 Å². The van der Waals surface area contributed by atoms with Crippen LogP contribution in [0.15, 0.2) is 36.4 Å². The van der Waals surface area contributed by atoms with Crippen molar-refractivity contribution >= 4 is 28.9 Å². The van der Waals surface area contributed by atoms with E-state index >= 15 is 0 Å². The molecule has 1 aliphatic rings. The van der Waals surface area contributed by atoms with Gasteiger partial charge in [-0.25, -0.2) is 4.39 Å². The summed E-state index contributed by atoms with van der Waals surface area (Å²) in [5.74, 6) is -1.99. The Balaban J connectivity index is 1.74. The van der Waals surface area contributed by atoms with E-state index in [1.165, 1.54) is 6.92 Å². The van der Waals surface area contributed by atoms with Crippen LogP contribution in [0.1, 0.15) is 48.5 Å². The van der Waals surface area contributed by atoms with Crippen LogP contribution in [0.3, 0.4) is 0 Å². The molecule has 1 heterocycles. The molecule has 170 valence electrons. The summed E-state index contributed by atoms with van der Waals surface area (Å²) in [4.78, 5) is 38.2. The number of carbonyl (C=O) groups is 2. The number of amides is 2. The van der Waals surface area contributed by atoms with Crippen molar-refractivity contribution in [2.24, 2.45) is 0 Å². The maximum absolute atomic E-state index is 14.1. The van der Waals surface area contributed by atoms with Crippen molar-refractivity contribution < 1.29 is 18.9 Å². The maximum atomic E-state index is 14.1. The molecule has 2 amide bonds. The molecule has 0 aromatic heterocycles. The van der Waals surface area contributed by atoms with E-state index < -0.39 is 34.3 Å². The van der Waals surface area contributed by atoms with Gasteiger partial charge in [-0.3, -0.25) is 19.7 Å². The van der Waals surface area contributed by atoms with E-state index in [9.17, 15) is 24.1 Å². The lowest BCUT2D eigenvalue weighted by Crippen LogP contribution is -2.43. The number of anilines is 2. The number of halogens is 1. The summed E-state index contributed by atoms with van der Waals surface area (Å²) >= 11 is 0. The molecule has 0 spiro atoms. The van der Waals surface area contributed by atoms with E-state index in [2.05, 4.69) is 15.5 Å². The molecule has 0 aliphatic carbocycles. The fraction of sp³-hybridized carbons (Fsp3) is 0.391. The normalized spacial score (nSPS) is 14.2. The molecule has 1 aliphatic heterocycles. The quantitative estimate of drug-likeness (QED) is 0.471. The number of nitro benzene ring substituents is 1. The molecule has 1 atom stereocenters. The lowest BCUT2D eigenvalue weighted by atomic mass is 10.1. The molecule has 0 radical (unpaired) electrons. The van der Waals surface area contributed by atoms with Crippen molar-refractivity contribution in [3.05, 3.63) is 63.5 Å². The van der Waals surface area contributed by atoms with Gasteiger partial charge in [-0.05, 0) is 50.5 Å². The van der Waals surface area contributed by atoms with Gasteiger partial charge in [0.25, 0.3) is 11.6 Å². The second kappa shape index (κ2) is 10.2. The first-order valence-electron chi connectivity index (χ1n) is 10.7. The van der Waals surface area contributed by atoms with E-state index in [-0.39, 0.29) is 11.1 Å². The molecular weight excluding hydrogens is 415 g/mol. The average molecular weight is 442 g/mol. The van der Waals surface area contributed by atoms with Crippen molar-refractivity contribution in [1.82, 2.24) is 5.32 Å². The van der Waals surface area contributed by atoms with Gasteiger partial charge in [-0.1, -0.05) is 19.4 Å². The van der Waals surface area contributed by atoms with E-state index in [0.29, 0.717) is 18.5 Å². The predicted octanol–water partition coefficient (Wildman–Crippen LogP) is 4.18. The highest BCUT2D eigenvalue weighted by Gasteiger charge is 2.24. The van der Waals surface area contributed by atoms with Crippen molar-refractivity contribution in [3.63, 3.8) is 0 Å². The minimum absolute atomic E-state index is 0.146. The first-order chi connectivity index (χ1) is 15.3. The van der Waals surface area contributed by atoms with Crippen LogP contribution < -0.4 is 15.5 Å². The highest BCUT2D eigenvalue weighted by molar-refractivity contribution is 6.01. The van der Waals surface area contributed by atoms with Crippen molar-refractivity contribution in [1.29, 1.82) is 0 Å². The second-order valence-corrected chi connectivity index (χ2v) is 7.91. The number of nitrogens with one attached hydrogen (secondary N) is 2. The van der Waals surface area contributed by atoms with Crippen molar-refractivity contribution in [3.8, 4) is 0 Å². The van der Waals surface area contributed by atoms with Gasteiger partial charge in [0.15, 0.2) is 0 Å². The molecule has 3 rings (SSSR count). The zero-order valence-electron chi connectivity index (χ0n) is 18.2. The van der Waals surface area contributed by atoms with Gasteiger partial charge in [0, 0.05) is 36.1 Å². The number of hydrogen-bond donors (Lipinski definition) is 2. The SMILES string of the molecule is CCCC(NC(=O)c1cc(F)c(C)c([N+](=O)[O-])c1)C(=O)Nc1cccc(N2CCCC2)c1. The molecule has 8 nitrogen and oxygen atoms in total. The van der Waals surface area contributed by atoms with Crippen LogP contribution in [0.25, 0.3) is 0 Å². The van der Waals surface area contributed by atoms with Crippen molar-refractivity contribution in [2.75, 3.05) is 23.3 Å². The lowest BCUT2D eigenvalue weighted by molar-refractivity contribution is -0.385. The molecule has 9 heteroatoms. The Hall–Kier alpha value is -3.49. The third-order valence-corrected chi connectivity index (χ3v) is 5.56. The standard InChI is InChI=1S/C23H27FN4O4/c1-3-7-20(26-22(29)16-12-19(24)15(2)21(13-16)28(31)32)23(30)25-17-8-6-9-18(14-17)27-10-4-5-11-27/h6,8-9,12-14,20H,3-5,7,10-11H2,1-2H3,(H,25,30)(H,26,29). The van der Waals surface area contributed by atoms with Crippen LogP contribution in [0.4, 0.5) is 21.5 Å². The van der Waals surface area contributed by atoms with Gasteiger partial charge < -0.3 is 15.5 Å². The second-order valence-electron chi connectivity index (χ2n) is 7.91. The molecule has 1 fully saturated rings. The molecule has 1 saturated heterocycles. The highest BCUT2D eigenvalue weighted by Crippen LogP contribution is 2.24. The van der Waals surface area contributed by atoms with Gasteiger partial charge in [-0.2, -0.15) is 0 Å². The summed E-state index contributed by atoms with van der Waals surface area (Å²) in [5.41, 5.74) is 0.813. The maximum Gasteiger partial charge on any atom is 0.276 e. The van der Waals surface area contributed by atoms with Crippen LogP contribution in [0.2, 0.25) is 0 Å². The Kier molecular flexibility index (Phi) is 7.40. The Morgan fingerprint density at radius 1 is 1.22 bits per heavy atom. The van der Waals surface area contributed by atoms with Crippen LogP contribution >= 0.6 is 0 Å². The van der Waals surface area contributed by atoms with Crippen LogP contribution in [0.5, 0.6) is 0 Å². The van der Waals surface area contributed by atoms with E-state index in [1.54, 1.807) is 6.07 Å². The minimum atomic E-state index is -0.869. The third-order valence-electron chi connectivity index (χ3n) is 5.56. The van der Waals surface area contributed by atoms with Gasteiger partial charge >= 0.3 is 0 Å². The lowest BCUT2D eigenvalue weighted by Gasteiger charge is -2.20. The van der Waals surface area contributed by atoms with E-state index in [4.69, 9.17) is 0 Å². The van der Waals surface area contributed by atoms with Gasteiger partial charge in [0.2, 0.25) is 5.91 Å². The first kappa shape index (κ1) is 23.2. The van der Waals surface area contributed by atoms with E-state index in [1.807, 2.05) is 25.1 Å². The number of carbonyl (C=O) groups excluding carboxylic acids is 2. The number of nitro groups is 1. The number of rotatable bonds is 8. The fourth-order valence-corrected chi connectivity index (χ4v) is 3.77. The first-order valence-corrected chi connectivity index (χ1v) is 10.7. The molecule has 2 N–H and O–H groups in total. The Morgan fingerprint density at radius 2 is 1.94 bits per heavy atom. The summed E-state index contributed by atoms with van der Waals surface area (Å²) in [5, 5.41) is 16.6. The zero-order valence-corrected chi connectivity index (χ0v) is 18.2. The molecule has 0 saturated carbocycles. The molecule has 0 bridgehead atoms. The molecule has 1 unspecified atom stereocenters. The summed E-state index contributed by atoms with van der Waals surface area (Å²) < 4.78 is 14.1. The fourth-order valence-electron chi connectivity index (χ4n) is 3.77. The average Bonchev–Trinajstić information content (AvgIpc) is 3.30. The van der Waals surface area contributed by atoms with Gasteiger partial charge in [0.05, 0.1) is 10.5 Å². The smallest absolute Gasteiger partial charge is 0.276 e. The topological polar surface area (TPSA) is 105 Å². The van der Waals surface area contributed by atoms with E-state index in [0.717, 1.165) is 43.8 Å². The van der Waals surface area contributed by atoms with Gasteiger partial charge in [-0.15, -0.1) is 0 Å². The Morgan fingerprint density at radius 3 is 2.59 bits per heavy atom. The Labute approximate surface area is 185 Å². The summed E-state index contributed by atoms with van der Waals surface area (Å²) in [7, 11) is 0. The van der Waals surface area contributed by atoms with Gasteiger partial charge in [0.1, 0.15) is 11.9 Å². The molecule has 2 aromatic rings. The largest absolute Gasteiger partial charge is 0.371 e. The number of benzene rings is 2. The molecular formula is C23H27FN4O4. The number of hydrogen-bond acceptors (Lipinski definition) is 5. The summed E-state index contributed by atoms with van der Waals surface area (Å²) in [6, 6.07) is 8.63. The highest BCUT2D eigenvalue weighted by atomic mass is 19.1. The predicted molar refractivity (Wildman–Crippen MR) is 120 cm³/mol. The monoisotopic (exact) mass is 442 g/mol. The Bertz CT molecular complexity index is 1020.